The van der Waals surface area contributed by atoms with E-state index in [4.69, 9.17) is 0 Å². The van der Waals surface area contributed by atoms with Crippen molar-refractivity contribution in [1.82, 2.24) is 4.90 Å². The highest BCUT2D eigenvalue weighted by Gasteiger charge is 2.42. The van der Waals surface area contributed by atoms with Gasteiger partial charge in [-0.2, -0.15) is 0 Å². The van der Waals surface area contributed by atoms with Gasteiger partial charge in [-0.05, 0) is 31.2 Å². The smallest absolute Gasteiger partial charge is 0.257 e. The fourth-order valence-electron chi connectivity index (χ4n) is 3.05. The molecule has 1 aliphatic heterocycles. The SMILES string of the molecule is O=C1C2=C(CCCC2)C(=O)N1[C@@H](CO)c1ccccc1. The zero-order valence-electron chi connectivity index (χ0n) is 11.2. The number of hydrogen-bond acceptors (Lipinski definition) is 3. The van der Waals surface area contributed by atoms with Crippen LogP contribution in [0.15, 0.2) is 41.5 Å². The summed E-state index contributed by atoms with van der Waals surface area (Å²) in [5.41, 5.74) is 2.11. The van der Waals surface area contributed by atoms with E-state index in [2.05, 4.69) is 0 Å². The Morgan fingerprint density at radius 2 is 1.55 bits per heavy atom. The van der Waals surface area contributed by atoms with Crippen LogP contribution in [-0.2, 0) is 9.59 Å². The molecule has 4 nitrogen and oxygen atoms in total. The van der Waals surface area contributed by atoms with Crippen molar-refractivity contribution >= 4 is 11.8 Å². The van der Waals surface area contributed by atoms with E-state index in [0.29, 0.717) is 24.0 Å². The first-order valence-corrected chi connectivity index (χ1v) is 6.99. The number of carbonyl (C=O) groups excluding carboxylic acids is 2. The monoisotopic (exact) mass is 271 g/mol. The van der Waals surface area contributed by atoms with Crippen LogP contribution in [0.5, 0.6) is 0 Å². The maximum atomic E-state index is 12.5. The molecule has 0 unspecified atom stereocenters. The van der Waals surface area contributed by atoms with Gasteiger partial charge in [-0.15, -0.1) is 0 Å². The molecule has 2 aliphatic rings. The van der Waals surface area contributed by atoms with E-state index in [0.717, 1.165) is 18.4 Å². The van der Waals surface area contributed by atoms with Gasteiger partial charge in [-0.3, -0.25) is 14.5 Å². The number of nitrogens with zero attached hydrogens (tertiary/aromatic N) is 1. The second kappa shape index (κ2) is 5.21. The predicted molar refractivity (Wildman–Crippen MR) is 73.6 cm³/mol. The Morgan fingerprint density at radius 1 is 1.00 bits per heavy atom. The summed E-state index contributed by atoms with van der Waals surface area (Å²) in [5.74, 6) is -0.430. The van der Waals surface area contributed by atoms with E-state index in [-0.39, 0.29) is 18.4 Å². The first kappa shape index (κ1) is 13.1. The second-order valence-corrected chi connectivity index (χ2v) is 5.25. The average molecular weight is 271 g/mol. The molecule has 1 aliphatic carbocycles. The van der Waals surface area contributed by atoms with Gasteiger partial charge < -0.3 is 5.11 Å². The molecule has 1 aromatic carbocycles. The van der Waals surface area contributed by atoms with Gasteiger partial charge in [0.1, 0.15) is 0 Å². The molecule has 1 aromatic rings. The largest absolute Gasteiger partial charge is 0.394 e. The first-order chi connectivity index (χ1) is 9.74. The summed E-state index contributed by atoms with van der Waals surface area (Å²) < 4.78 is 0. The van der Waals surface area contributed by atoms with Gasteiger partial charge in [-0.25, -0.2) is 0 Å². The maximum Gasteiger partial charge on any atom is 0.257 e. The minimum absolute atomic E-state index is 0.215. The van der Waals surface area contributed by atoms with Gasteiger partial charge in [0.2, 0.25) is 0 Å². The molecule has 1 atom stereocenters. The Labute approximate surface area is 117 Å². The zero-order valence-corrected chi connectivity index (χ0v) is 11.2. The third-order valence-corrected chi connectivity index (χ3v) is 4.09. The van der Waals surface area contributed by atoms with Crippen molar-refractivity contribution in [2.24, 2.45) is 0 Å². The molecule has 0 aromatic heterocycles. The van der Waals surface area contributed by atoms with Crippen molar-refractivity contribution in [3.05, 3.63) is 47.0 Å². The fourth-order valence-corrected chi connectivity index (χ4v) is 3.05. The number of hydrogen-bond donors (Lipinski definition) is 1. The summed E-state index contributed by atoms with van der Waals surface area (Å²) in [6, 6.07) is 8.64. The van der Waals surface area contributed by atoms with Gasteiger partial charge in [0, 0.05) is 11.1 Å². The number of imide groups is 1. The van der Waals surface area contributed by atoms with Crippen molar-refractivity contribution in [3.8, 4) is 0 Å². The summed E-state index contributed by atoms with van der Waals surface area (Å²) in [4.78, 5) is 26.2. The molecule has 0 fully saturated rings. The number of aliphatic hydroxyl groups excluding tert-OH is 1. The summed E-state index contributed by atoms with van der Waals surface area (Å²) in [7, 11) is 0. The molecule has 0 saturated carbocycles. The number of carbonyl (C=O) groups is 2. The molecule has 2 amide bonds. The van der Waals surface area contributed by atoms with Crippen LogP contribution in [0.3, 0.4) is 0 Å². The van der Waals surface area contributed by atoms with Crippen LogP contribution in [0.2, 0.25) is 0 Å². The van der Waals surface area contributed by atoms with Crippen LogP contribution in [0, 0.1) is 0 Å². The molecule has 104 valence electrons. The van der Waals surface area contributed by atoms with Crippen LogP contribution < -0.4 is 0 Å². The molecule has 20 heavy (non-hydrogen) atoms. The molecule has 1 heterocycles. The van der Waals surface area contributed by atoms with E-state index in [9.17, 15) is 14.7 Å². The minimum atomic E-state index is -0.582. The van der Waals surface area contributed by atoms with Crippen LogP contribution in [0.4, 0.5) is 0 Å². The fraction of sp³-hybridized carbons (Fsp3) is 0.375. The number of rotatable bonds is 3. The van der Waals surface area contributed by atoms with Crippen molar-refractivity contribution < 1.29 is 14.7 Å². The van der Waals surface area contributed by atoms with Gasteiger partial charge in [0.15, 0.2) is 0 Å². The molecule has 0 spiro atoms. The van der Waals surface area contributed by atoms with Crippen LogP contribution in [0.1, 0.15) is 37.3 Å². The number of benzene rings is 1. The molecule has 0 bridgehead atoms. The summed E-state index contributed by atoms with van der Waals surface area (Å²) in [6.07, 6.45) is 3.29. The lowest BCUT2D eigenvalue weighted by Crippen LogP contribution is -2.37. The highest BCUT2D eigenvalue weighted by molar-refractivity contribution is 6.19. The van der Waals surface area contributed by atoms with Gasteiger partial charge in [0.25, 0.3) is 11.8 Å². The maximum absolute atomic E-state index is 12.5. The van der Waals surface area contributed by atoms with Crippen LogP contribution in [0.25, 0.3) is 0 Å². The third kappa shape index (κ3) is 1.96. The van der Waals surface area contributed by atoms with Gasteiger partial charge in [-0.1, -0.05) is 30.3 Å². The molecule has 4 heteroatoms. The summed E-state index contributed by atoms with van der Waals surface area (Å²) in [6.45, 7) is -0.248. The Morgan fingerprint density at radius 3 is 2.05 bits per heavy atom. The van der Waals surface area contributed by atoms with Crippen LogP contribution >= 0.6 is 0 Å². The van der Waals surface area contributed by atoms with Crippen molar-refractivity contribution in [2.75, 3.05) is 6.61 Å². The molecule has 1 N–H and O–H groups in total. The van der Waals surface area contributed by atoms with Crippen molar-refractivity contribution in [1.29, 1.82) is 0 Å². The molecule has 0 radical (unpaired) electrons. The Bertz CT molecular complexity index is 549. The van der Waals surface area contributed by atoms with Crippen LogP contribution in [-0.4, -0.2) is 28.4 Å². The van der Waals surface area contributed by atoms with E-state index in [1.807, 2.05) is 30.3 Å². The van der Waals surface area contributed by atoms with Gasteiger partial charge in [0.05, 0.1) is 12.6 Å². The normalized spacial score (nSPS) is 20.4. The van der Waals surface area contributed by atoms with E-state index in [1.54, 1.807) is 0 Å². The quantitative estimate of drug-likeness (QED) is 0.855. The van der Waals surface area contributed by atoms with E-state index >= 15 is 0 Å². The molecule has 3 rings (SSSR count). The topological polar surface area (TPSA) is 57.6 Å². The molecule has 0 saturated heterocycles. The average Bonchev–Trinajstić information content (AvgIpc) is 2.75. The first-order valence-electron chi connectivity index (χ1n) is 6.99. The van der Waals surface area contributed by atoms with Crippen molar-refractivity contribution in [2.45, 2.75) is 31.7 Å². The van der Waals surface area contributed by atoms with Gasteiger partial charge >= 0.3 is 0 Å². The minimum Gasteiger partial charge on any atom is -0.394 e. The highest BCUT2D eigenvalue weighted by Crippen LogP contribution is 2.37. The number of amides is 2. The Kier molecular flexibility index (Phi) is 3.40. The Balaban J connectivity index is 1.95. The van der Waals surface area contributed by atoms with E-state index < -0.39 is 6.04 Å². The lowest BCUT2D eigenvalue weighted by molar-refractivity contribution is -0.141. The standard InChI is InChI=1S/C16H17NO3/c18-10-14(11-6-2-1-3-7-11)17-15(19)12-8-4-5-9-13(12)16(17)20/h1-3,6-7,14,18H,4-5,8-10H2/t14-/m0/s1. The van der Waals surface area contributed by atoms with E-state index in [1.165, 1.54) is 4.90 Å². The summed E-state index contributed by atoms with van der Waals surface area (Å²) >= 11 is 0. The second-order valence-electron chi connectivity index (χ2n) is 5.25. The number of aliphatic hydroxyl groups is 1. The van der Waals surface area contributed by atoms with Crippen molar-refractivity contribution in [3.63, 3.8) is 0 Å². The molecular formula is C16H17NO3. The predicted octanol–water partition coefficient (Wildman–Crippen LogP) is 1.96. The highest BCUT2D eigenvalue weighted by atomic mass is 16.3. The molecular weight excluding hydrogens is 254 g/mol. The lowest BCUT2D eigenvalue weighted by Gasteiger charge is -2.25. The Hall–Kier alpha value is -1.94. The summed E-state index contributed by atoms with van der Waals surface area (Å²) in [5, 5.41) is 9.64. The zero-order chi connectivity index (χ0) is 14.1. The lowest BCUT2D eigenvalue weighted by atomic mass is 9.93. The third-order valence-electron chi connectivity index (χ3n) is 4.09.